The lowest BCUT2D eigenvalue weighted by Gasteiger charge is -2.14. The molecule has 1 heterocycles. The third-order valence-electron chi connectivity index (χ3n) is 2.78. The van der Waals surface area contributed by atoms with E-state index in [4.69, 9.17) is 9.68 Å². The number of rotatable bonds is 2. The summed E-state index contributed by atoms with van der Waals surface area (Å²) < 4.78 is 5.58. The largest absolute Gasteiger partial charge is 0.457 e. The first-order valence-corrected chi connectivity index (χ1v) is 6.07. The molecule has 0 spiro atoms. The Morgan fingerprint density at radius 2 is 2.00 bits per heavy atom. The van der Waals surface area contributed by atoms with E-state index in [0.717, 1.165) is 11.0 Å². The van der Waals surface area contributed by atoms with E-state index >= 15 is 0 Å². The molecule has 0 radical (unpaired) electrons. The third-order valence-corrected chi connectivity index (χ3v) is 2.78. The lowest BCUT2D eigenvalue weighted by molar-refractivity contribution is -0.121. The van der Waals surface area contributed by atoms with Gasteiger partial charge in [-0.05, 0) is 12.1 Å². The number of furan rings is 1. The van der Waals surface area contributed by atoms with Crippen LogP contribution in [0.3, 0.4) is 0 Å². The lowest BCUT2D eigenvalue weighted by atomic mass is 9.86. The molecule has 1 aromatic heterocycles. The Hall–Kier alpha value is -2.34. The lowest BCUT2D eigenvalue weighted by Crippen LogP contribution is -2.21. The second-order valence-corrected chi connectivity index (χ2v) is 5.44. The van der Waals surface area contributed by atoms with Gasteiger partial charge < -0.3 is 4.42 Å². The van der Waals surface area contributed by atoms with Gasteiger partial charge in [-0.1, -0.05) is 39.0 Å². The summed E-state index contributed by atoms with van der Waals surface area (Å²) in [4.78, 5) is 12.1. The molecule has 2 aromatic rings. The molecule has 0 amide bonds. The standard InChI is InChI=1S/C16H15NO2/c1-16(2,3)15(18)12(10-17)9-13-8-11-6-4-5-7-14(11)19-13/h4-9H,1-3H3/b12-9+. The summed E-state index contributed by atoms with van der Waals surface area (Å²) in [6, 6.07) is 11.3. The Balaban J connectivity index is 2.43. The van der Waals surface area contributed by atoms with Crippen molar-refractivity contribution in [2.45, 2.75) is 20.8 Å². The highest BCUT2D eigenvalue weighted by atomic mass is 16.3. The summed E-state index contributed by atoms with van der Waals surface area (Å²) in [5.41, 5.74) is 0.286. The molecule has 0 N–H and O–H groups in total. The minimum Gasteiger partial charge on any atom is -0.457 e. The van der Waals surface area contributed by atoms with Gasteiger partial charge in [0.2, 0.25) is 0 Å². The minimum atomic E-state index is -0.576. The SMILES string of the molecule is CC(C)(C)C(=O)/C(C#N)=C/c1cc2ccccc2o1. The molecule has 0 unspecified atom stereocenters. The number of para-hydroxylation sites is 1. The summed E-state index contributed by atoms with van der Waals surface area (Å²) >= 11 is 0. The number of hydrogen-bond acceptors (Lipinski definition) is 3. The van der Waals surface area contributed by atoms with Crippen molar-refractivity contribution in [3.8, 4) is 6.07 Å². The number of ketones is 1. The number of fused-ring (bicyclic) bond motifs is 1. The molecule has 3 heteroatoms. The monoisotopic (exact) mass is 253 g/mol. The number of nitriles is 1. The highest BCUT2D eigenvalue weighted by Crippen LogP contribution is 2.24. The highest BCUT2D eigenvalue weighted by Gasteiger charge is 2.25. The van der Waals surface area contributed by atoms with Gasteiger partial charge in [-0.15, -0.1) is 0 Å². The molecule has 0 bridgehead atoms. The van der Waals surface area contributed by atoms with Crippen LogP contribution in [0.5, 0.6) is 0 Å². The van der Waals surface area contributed by atoms with E-state index in [1.54, 1.807) is 20.8 Å². The maximum atomic E-state index is 12.1. The van der Waals surface area contributed by atoms with Crippen LogP contribution in [0.2, 0.25) is 0 Å². The number of nitrogens with zero attached hydrogens (tertiary/aromatic N) is 1. The van der Waals surface area contributed by atoms with E-state index in [1.807, 2.05) is 36.4 Å². The fraction of sp³-hybridized carbons (Fsp3) is 0.250. The third kappa shape index (κ3) is 2.74. The number of allylic oxidation sites excluding steroid dienone is 1. The number of carbonyl (C=O) groups is 1. The smallest absolute Gasteiger partial charge is 0.178 e. The summed E-state index contributed by atoms with van der Waals surface area (Å²) in [5.74, 6) is 0.339. The molecule has 2 rings (SSSR count). The summed E-state index contributed by atoms with van der Waals surface area (Å²) in [7, 11) is 0. The summed E-state index contributed by atoms with van der Waals surface area (Å²) in [5, 5.41) is 10.1. The van der Waals surface area contributed by atoms with Crippen LogP contribution in [0.1, 0.15) is 26.5 Å². The van der Waals surface area contributed by atoms with E-state index in [2.05, 4.69) is 0 Å². The Labute approximate surface area is 112 Å². The molecule has 0 fully saturated rings. The van der Waals surface area contributed by atoms with Crippen molar-refractivity contribution in [2.24, 2.45) is 5.41 Å². The van der Waals surface area contributed by atoms with Gasteiger partial charge in [0.05, 0.1) is 5.57 Å². The van der Waals surface area contributed by atoms with Crippen LogP contribution in [0.15, 0.2) is 40.3 Å². The average molecular weight is 253 g/mol. The number of Topliss-reactive ketones (excluding diaryl/α,β-unsaturated/α-hetero) is 1. The first-order chi connectivity index (χ1) is 8.91. The average Bonchev–Trinajstić information content (AvgIpc) is 2.76. The molecule has 0 aliphatic heterocycles. The topological polar surface area (TPSA) is 54.0 Å². The highest BCUT2D eigenvalue weighted by molar-refractivity contribution is 6.06. The van der Waals surface area contributed by atoms with Crippen molar-refractivity contribution in [2.75, 3.05) is 0 Å². The van der Waals surface area contributed by atoms with Crippen molar-refractivity contribution < 1.29 is 9.21 Å². The van der Waals surface area contributed by atoms with E-state index in [0.29, 0.717) is 5.76 Å². The van der Waals surface area contributed by atoms with Gasteiger partial charge in [-0.3, -0.25) is 4.79 Å². The zero-order chi connectivity index (χ0) is 14.0. The van der Waals surface area contributed by atoms with Crippen molar-refractivity contribution >= 4 is 22.8 Å². The first-order valence-electron chi connectivity index (χ1n) is 6.07. The van der Waals surface area contributed by atoms with Crippen molar-refractivity contribution in [1.29, 1.82) is 5.26 Å². The molecule has 0 aliphatic rings. The van der Waals surface area contributed by atoms with Crippen LogP contribution in [-0.2, 0) is 4.79 Å². The quantitative estimate of drug-likeness (QED) is 0.601. The minimum absolute atomic E-state index is 0.117. The fourth-order valence-corrected chi connectivity index (χ4v) is 1.77. The molecule has 0 aliphatic carbocycles. The predicted octanol–water partition coefficient (Wildman–Crippen LogP) is 3.95. The van der Waals surface area contributed by atoms with Gasteiger partial charge in [-0.2, -0.15) is 5.26 Å². The van der Waals surface area contributed by atoms with Crippen LogP contribution in [-0.4, -0.2) is 5.78 Å². The van der Waals surface area contributed by atoms with E-state index in [9.17, 15) is 4.79 Å². The number of carbonyl (C=O) groups excluding carboxylic acids is 1. The Bertz CT molecular complexity index is 660. The molecule has 19 heavy (non-hydrogen) atoms. The zero-order valence-corrected chi connectivity index (χ0v) is 11.2. The normalized spacial score (nSPS) is 12.4. The molecule has 96 valence electrons. The van der Waals surface area contributed by atoms with Gasteiger partial charge in [0.15, 0.2) is 5.78 Å². The van der Waals surface area contributed by atoms with Crippen LogP contribution < -0.4 is 0 Å². The molecule has 3 nitrogen and oxygen atoms in total. The van der Waals surface area contributed by atoms with E-state index in [-0.39, 0.29) is 11.4 Å². The van der Waals surface area contributed by atoms with Crippen molar-refractivity contribution in [1.82, 2.24) is 0 Å². The molecule has 0 saturated carbocycles. The van der Waals surface area contributed by atoms with Gasteiger partial charge in [0.25, 0.3) is 0 Å². The summed E-state index contributed by atoms with van der Waals surface area (Å²) in [6.45, 7) is 5.37. The van der Waals surface area contributed by atoms with Crippen molar-refractivity contribution in [3.05, 3.63) is 41.7 Å². The maximum absolute atomic E-state index is 12.1. The molecule has 0 atom stereocenters. The van der Waals surface area contributed by atoms with Gasteiger partial charge in [0, 0.05) is 16.9 Å². The predicted molar refractivity (Wildman–Crippen MR) is 74.3 cm³/mol. The van der Waals surface area contributed by atoms with Gasteiger partial charge in [0.1, 0.15) is 17.4 Å². The van der Waals surface area contributed by atoms with Crippen molar-refractivity contribution in [3.63, 3.8) is 0 Å². The van der Waals surface area contributed by atoms with E-state index < -0.39 is 5.41 Å². The van der Waals surface area contributed by atoms with Crippen LogP contribution >= 0.6 is 0 Å². The second-order valence-electron chi connectivity index (χ2n) is 5.44. The Kier molecular flexibility index (Phi) is 3.26. The van der Waals surface area contributed by atoms with Crippen LogP contribution in [0.25, 0.3) is 17.0 Å². The molecule has 1 aromatic carbocycles. The fourth-order valence-electron chi connectivity index (χ4n) is 1.77. The zero-order valence-electron chi connectivity index (χ0n) is 11.2. The van der Waals surface area contributed by atoms with Gasteiger partial charge >= 0.3 is 0 Å². The second kappa shape index (κ2) is 4.74. The first kappa shape index (κ1) is 13.1. The number of hydrogen-bond donors (Lipinski definition) is 0. The Morgan fingerprint density at radius 1 is 1.32 bits per heavy atom. The molecule has 0 saturated heterocycles. The Morgan fingerprint density at radius 3 is 2.58 bits per heavy atom. The summed E-state index contributed by atoms with van der Waals surface area (Å²) in [6.07, 6.45) is 1.51. The maximum Gasteiger partial charge on any atom is 0.178 e. The number of benzene rings is 1. The van der Waals surface area contributed by atoms with Crippen LogP contribution in [0.4, 0.5) is 0 Å². The van der Waals surface area contributed by atoms with Crippen LogP contribution in [0, 0.1) is 16.7 Å². The molecular weight excluding hydrogens is 238 g/mol. The molecular formula is C16H15NO2. The van der Waals surface area contributed by atoms with Gasteiger partial charge in [-0.25, -0.2) is 0 Å². The van der Waals surface area contributed by atoms with E-state index in [1.165, 1.54) is 6.08 Å².